The summed E-state index contributed by atoms with van der Waals surface area (Å²) in [4.78, 5) is 25.5. The average Bonchev–Trinajstić information content (AvgIpc) is 2.78. The normalized spacial score (nSPS) is 11.7. The van der Waals surface area contributed by atoms with Gasteiger partial charge < -0.3 is 5.32 Å². The fraction of sp³-hybridized carbons (Fsp3) is 0.231. The Kier molecular flexibility index (Phi) is 7.40. The minimum atomic E-state index is -3.98. The van der Waals surface area contributed by atoms with E-state index in [1.54, 1.807) is 30.3 Å². The molecule has 1 amide bonds. The average molecular weight is 501 g/mol. The lowest BCUT2D eigenvalue weighted by atomic mass is 9.86. The number of carbonyl (C=O) groups is 2. The molecule has 0 radical (unpaired) electrons. The number of rotatable bonds is 7. The summed E-state index contributed by atoms with van der Waals surface area (Å²) in [6.45, 7) is 5.56. The third kappa shape index (κ3) is 6.51. The standard InChI is InChI=1S/C26H26F2N2O4S/c1-26(2,3)19-10-8-17(9-11-19)25(32)18-6-5-7-20(14-18)29-24(31)16-30(35(4,33)34)21-12-13-22(27)23(28)15-21/h5-15H,16H2,1-4H3,(H,29,31). The van der Waals surface area contributed by atoms with E-state index in [9.17, 15) is 26.8 Å². The summed E-state index contributed by atoms with van der Waals surface area (Å²) in [6.07, 6.45) is 0.853. The van der Waals surface area contributed by atoms with E-state index >= 15 is 0 Å². The largest absolute Gasteiger partial charge is 0.324 e. The maximum absolute atomic E-state index is 13.6. The predicted octanol–water partition coefficient (Wildman–Crippen LogP) is 4.90. The van der Waals surface area contributed by atoms with Crippen LogP contribution in [0.5, 0.6) is 0 Å². The molecule has 0 aromatic heterocycles. The number of benzene rings is 3. The van der Waals surface area contributed by atoms with E-state index in [1.165, 1.54) is 6.07 Å². The van der Waals surface area contributed by atoms with Gasteiger partial charge in [-0.25, -0.2) is 17.2 Å². The molecule has 3 rings (SSSR count). The number of sulfonamides is 1. The topological polar surface area (TPSA) is 83.6 Å². The van der Waals surface area contributed by atoms with Crippen LogP contribution in [0.25, 0.3) is 0 Å². The molecule has 3 aromatic rings. The molecule has 0 fully saturated rings. The van der Waals surface area contributed by atoms with Crippen LogP contribution >= 0.6 is 0 Å². The second kappa shape index (κ2) is 9.95. The van der Waals surface area contributed by atoms with E-state index in [-0.39, 0.29) is 22.6 Å². The molecule has 3 aromatic carbocycles. The smallest absolute Gasteiger partial charge is 0.245 e. The molecule has 9 heteroatoms. The van der Waals surface area contributed by atoms with E-state index < -0.39 is 34.1 Å². The van der Waals surface area contributed by atoms with Crippen LogP contribution in [0.2, 0.25) is 0 Å². The van der Waals surface area contributed by atoms with Gasteiger partial charge in [0.05, 0.1) is 11.9 Å². The summed E-state index contributed by atoms with van der Waals surface area (Å²) in [6, 6.07) is 16.1. The Bertz CT molecular complexity index is 1360. The summed E-state index contributed by atoms with van der Waals surface area (Å²) in [5.74, 6) is -3.33. The van der Waals surface area contributed by atoms with Gasteiger partial charge in [0, 0.05) is 22.9 Å². The van der Waals surface area contributed by atoms with Gasteiger partial charge in [0.1, 0.15) is 6.54 Å². The van der Waals surface area contributed by atoms with Crippen LogP contribution in [0.15, 0.2) is 66.7 Å². The molecule has 0 saturated carbocycles. The second-order valence-corrected chi connectivity index (χ2v) is 11.1. The van der Waals surface area contributed by atoms with Crippen molar-refractivity contribution < 1.29 is 26.8 Å². The molecule has 0 bridgehead atoms. The minimum Gasteiger partial charge on any atom is -0.324 e. The predicted molar refractivity (Wildman–Crippen MR) is 132 cm³/mol. The molecular formula is C26H26F2N2O4S. The monoisotopic (exact) mass is 500 g/mol. The number of ketones is 1. The highest BCUT2D eigenvalue weighted by Gasteiger charge is 2.22. The molecule has 0 saturated heterocycles. The Balaban J connectivity index is 1.77. The Labute approximate surface area is 203 Å². The van der Waals surface area contributed by atoms with Gasteiger partial charge in [0.15, 0.2) is 17.4 Å². The summed E-state index contributed by atoms with van der Waals surface area (Å²) >= 11 is 0. The van der Waals surface area contributed by atoms with Crippen LogP contribution in [0.4, 0.5) is 20.2 Å². The third-order valence-corrected chi connectivity index (χ3v) is 6.44. The fourth-order valence-electron chi connectivity index (χ4n) is 3.40. The Morgan fingerprint density at radius 1 is 0.886 bits per heavy atom. The number of halogens is 2. The van der Waals surface area contributed by atoms with Gasteiger partial charge in [0.25, 0.3) is 0 Å². The van der Waals surface area contributed by atoms with Crippen LogP contribution in [0.1, 0.15) is 42.3 Å². The van der Waals surface area contributed by atoms with Crippen LogP contribution in [-0.4, -0.2) is 32.9 Å². The van der Waals surface area contributed by atoms with Crippen molar-refractivity contribution in [3.8, 4) is 0 Å². The van der Waals surface area contributed by atoms with Gasteiger partial charge >= 0.3 is 0 Å². The number of amides is 1. The summed E-state index contributed by atoms with van der Waals surface area (Å²) < 4.78 is 51.9. The molecule has 0 aliphatic rings. The highest BCUT2D eigenvalue weighted by molar-refractivity contribution is 7.92. The number of hydrogen-bond acceptors (Lipinski definition) is 4. The Morgan fingerprint density at radius 3 is 2.11 bits per heavy atom. The molecule has 35 heavy (non-hydrogen) atoms. The number of nitrogens with zero attached hydrogens (tertiary/aromatic N) is 1. The number of anilines is 2. The molecule has 0 aliphatic heterocycles. The zero-order valence-electron chi connectivity index (χ0n) is 19.8. The van der Waals surface area contributed by atoms with E-state index in [1.807, 2.05) is 12.1 Å². The molecule has 1 N–H and O–H groups in total. The first-order valence-corrected chi connectivity index (χ1v) is 12.6. The quantitative estimate of drug-likeness (QED) is 0.468. The lowest BCUT2D eigenvalue weighted by Gasteiger charge is -2.22. The van der Waals surface area contributed by atoms with E-state index in [0.29, 0.717) is 21.5 Å². The van der Waals surface area contributed by atoms with Crippen LogP contribution in [-0.2, 0) is 20.2 Å². The molecule has 6 nitrogen and oxygen atoms in total. The van der Waals surface area contributed by atoms with Gasteiger partial charge in [-0.3, -0.25) is 13.9 Å². The van der Waals surface area contributed by atoms with Crippen molar-refractivity contribution in [1.29, 1.82) is 0 Å². The van der Waals surface area contributed by atoms with E-state index in [4.69, 9.17) is 0 Å². The fourth-order valence-corrected chi connectivity index (χ4v) is 4.25. The Hall–Kier alpha value is -3.59. The molecule has 184 valence electrons. The van der Waals surface area contributed by atoms with Gasteiger partial charge in [-0.05, 0) is 35.2 Å². The molecule has 0 aliphatic carbocycles. The number of hydrogen-bond donors (Lipinski definition) is 1. The van der Waals surface area contributed by atoms with E-state index in [0.717, 1.165) is 24.0 Å². The van der Waals surface area contributed by atoms with Gasteiger partial charge in [-0.1, -0.05) is 57.2 Å². The van der Waals surface area contributed by atoms with Crippen molar-refractivity contribution in [3.63, 3.8) is 0 Å². The van der Waals surface area contributed by atoms with Crippen LogP contribution in [0, 0.1) is 11.6 Å². The first kappa shape index (κ1) is 26.0. The van der Waals surface area contributed by atoms with Crippen LogP contribution < -0.4 is 9.62 Å². The summed E-state index contributed by atoms with van der Waals surface area (Å²) in [5.41, 5.74) is 1.96. The maximum atomic E-state index is 13.6. The maximum Gasteiger partial charge on any atom is 0.245 e. The highest BCUT2D eigenvalue weighted by Crippen LogP contribution is 2.24. The number of nitrogens with one attached hydrogen (secondary N) is 1. The highest BCUT2D eigenvalue weighted by atomic mass is 32.2. The third-order valence-electron chi connectivity index (χ3n) is 5.30. The van der Waals surface area contributed by atoms with Crippen molar-refractivity contribution >= 4 is 33.1 Å². The first-order chi connectivity index (χ1) is 16.3. The molecule has 0 unspecified atom stereocenters. The molecule has 0 atom stereocenters. The second-order valence-electron chi connectivity index (χ2n) is 9.15. The Morgan fingerprint density at radius 2 is 1.54 bits per heavy atom. The van der Waals surface area contributed by atoms with Crippen molar-refractivity contribution in [2.75, 3.05) is 22.4 Å². The van der Waals surface area contributed by atoms with Crippen molar-refractivity contribution in [2.24, 2.45) is 0 Å². The molecular weight excluding hydrogens is 474 g/mol. The zero-order valence-corrected chi connectivity index (χ0v) is 20.6. The molecule has 0 spiro atoms. The first-order valence-electron chi connectivity index (χ1n) is 10.7. The summed E-state index contributed by atoms with van der Waals surface area (Å²) in [5, 5.41) is 2.55. The number of carbonyl (C=O) groups excluding carboxylic acids is 2. The lowest BCUT2D eigenvalue weighted by molar-refractivity contribution is -0.114. The van der Waals surface area contributed by atoms with Gasteiger partial charge in [-0.15, -0.1) is 0 Å². The lowest BCUT2D eigenvalue weighted by Crippen LogP contribution is -2.37. The van der Waals surface area contributed by atoms with Crippen LogP contribution in [0.3, 0.4) is 0 Å². The minimum absolute atomic E-state index is 0.0503. The summed E-state index contributed by atoms with van der Waals surface area (Å²) in [7, 11) is -3.98. The zero-order chi connectivity index (χ0) is 26.0. The SMILES string of the molecule is CC(C)(C)c1ccc(C(=O)c2cccc(NC(=O)CN(c3ccc(F)c(F)c3)S(C)(=O)=O)c2)cc1. The van der Waals surface area contributed by atoms with Crippen molar-refractivity contribution in [1.82, 2.24) is 0 Å². The van der Waals surface area contributed by atoms with Gasteiger partial charge in [-0.2, -0.15) is 0 Å². The van der Waals surface area contributed by atoms with Crippen molar-refractivity contribution in [3.05, 3.63) is 95.1 Å². The van der Waals surface area contributed by atoms with Crippen molar-refractivity contribution in [2.45, 2.75) is 26.2 Å². The van der Waals surface area contributed by atoms with E-state index in [2.05, 4.69) is 26.1 Å². The van der Waals surface area contributed by atoms with Gasteiger partial charge in [0.2, 0.25) is 15.9 Å². The molecule has 0 heterocycles.